The molecule has 0 aliphatic carbocycles. The van der Waals surface area contributed by atoms with Crippen molar-refractivity contribution in [3.05, 3.63) is 89.4 Å². The number of halogens is 1. The molecule has 0 radical (unpaired) electrons. The third-order valence-electron chi connectivity index (χ3n) is 3.70. The van der Waals surface area contributed by atoms with E-state index in [0.717, 1.165) is 11.3 Å². The lowest BCUT2D eigenvalue weighted by Gasteiger charge is -2.12. The Labute approximate surface area is 168 Å². The van der Waals surface area contributed by atoms with E-state index in [1.54, 1.807) is 37.4 Å². The van der Waals surface area contributed by atoms with Gasteiger partial charge in [-0.2, -0.15) is 5.10 Å². The maximum atomic E-state index is 12.1. The molecule has 0 bridgehead atoms. The van der Waals surface area contributed by atoms with Gasteiger partial charge in [0.15, 0.2) is 6.10 Å². The lowest BCUT2D eigenvalue weighted by Crippen LogP contribution is -2.33. The molecule has 1 N–H and O–H groups in total. The van der Waals surface area contributed by atoms with Crippen LogP contribution < -0.4 is 14.9 Å². The first-order valence-corrected chi connectivity index (χ1v) is 9.06. The predicted molar refractivity (Wildman–Crippen MR) is 110 cm³/mol. The van der Waals surface area contributed by atoms with Gasteiger partial charge in [0.25, 0.3) is 5.91 Å². The Hall–Kier alpha value is -3.31. The number of carbonyl (C=O) groups is 1. The van der Waals surface area contributed by atoms with Crippen molar-refractivity contribution in [2.24, 2.45) is 5.10 Å². The summed E-state index contributed by atoms with van der Waals surface area (Å²) in [6.45, 7) is 1.64. The fraction of sp³-hybridized carbons (Fsp3) is 0.0909. The standard InChI is InChI=1S/C22H19ClN2O3/c1-16(27-21-12-6-8-18(23)14-21)22(26)25-24-15-17-7-5-11-20(13-17)28-19-9-3-2-4-10-19/h2-16H,1H3,(H,25,26)/b24-15-/t16-/m0/s1. The lowest BCUT2D eigenvalue weighted by atomic mass is 10.2. The average molecular weight is 395 g/mol. The molecule has 0 spiro atoms. The second-order valence-electron chi connectivity index (χ2n) is 5.94. The topological polar surface area (TPSA) is 59.9 Å². The third-order valence-corrected chi connectivity index (χ3v) is 3.94. The summed E-state index contributed by atoms with van der Waals surface area (Å²) in [5.74, 6) is 1.58. The van der Waals surface area contributed by atoms with Crippen LogP contribution in [-0.4, -0.2) is 18.2 Å². The van der Waals surface area contributed by atoms with E-state index in [1.807, 2.05) is 54.6 Å². The van der Waals surface area contributed by atoms with Crippen LogP contribution in [0.4, 0.5) is 0 Å². The number of hydrogen-bond acceptors (Lipinski definition) is 4. The van der Waals surface area contributed by atoms with Crippen LogP contribution in [0.5, 0.6) is 17.2 Å². The van der Waals surface area contributed by atoms with Gasteiger partial charge in [-0.3, -0.25) is 4.79 Å². The number of benzene rings is 3. The van der Waals surface area contributed by atoms with Crippen molar-refractivity contribution in [1.82, 2.24) is 5.43 Å². The molecule has 5 nitrogen and oxygen atoms in total. The fourth-order valence-corrected chi connectivity index (χ4v) is 2.52. The van der Waals surface area contributed by atoms with Gasteiger partial charge in [0.05, 0.1) is 6.21 Å². The SMILES string of the molecule is C[C@H](Oc1cccc(Cl)c1)C(=O)N/N=C\c1cccc(Oc2ccccc2)c1. The molecule has 3 rings (SSSR count). The molecule has 0 aromatic heterocycles. The Morgan fingerprint density at radius 2 is 1.68 bits per heavy atom. The first-order valence-electron chi connectivity index (χ1n) is 8.68. The second kappa shape index (κ2) is 9.58. The minimum absolute atomic E-state index is 0.368. The quantitative estimate of drug-likeness (QED) is 0.450. The molecule has 0 unspecified atom stereocenters. The Morgan fingerprint density at radius 3 is 2.46 bits per heavy atom. The van der Waals surface area contributed by atoms with Crippen LogP contribution in [-0.2, 0) is 4.79 Å². The zero-order valence-corrected chi connectivity index (χ0v) is 16.0. The first-order chi connectivity index (χ1) is 13.6. The van der Waals surface area contributed by atoms with Crippen molar-refractivity contribution in [2.75, 3.05) is 0 Å². The molecule has 1 amide bonds. The highest BCUT2D eigenvalue weighted by atomic mass is 35.5. The van der Waals surface area contributed by atoms with Crippen molar-refractivity contribution >= 4 is 23.7 Å². The highest BCUT2D eigenvalue weighted by molar-refractivity contribution is 6.30. The molecule has 0 fully saturated rings. The summed E-state index contributed by atoms with van der Waals surface area (Å²) in [6, 6.07) is 23.8. The van der Waals surface area contributed by atoms with Gasteiger partial charge in [0.1, 0.15) is 17.2 Å². The normalized spacial score (nSPS) is 11.8. The summed E-state index contributed by atoms with van der Waals surface area (Å²) in [5, 5.41) is 4.53. The zero-order valence-electron chi connectivity index (χ0n) is 15.2. The van der Waals surface area contributed by atoms with E-state index >= 15 is 0 Å². The third kappa shape index (κ3) is 5.86. The summed E-state index contributed by atoms with van der Waals surface area (Å²) < 4.78 is 11.3. The summed E-state index contributed by atoms with van der Waals surface area (Å²) in [5.41, 5.74) is 3.26. The van der Waals surface area contributed by atoms with Gasteiger partial charge in [0, 0.05) is 5.02 Å². The minimum Gasteiger partial charge on any atom is -0.481 e. The highest BCUT2D eigenvalue weighted by Gasteiger charge is 2.13. The number of nitrogens with one attached hydrogen (secondary N) is 1. The molecular weight excluding hydrogens is 376 g/mol. The van der Waals surface area contributed by atoms with Crippen LogP contribution >= 0.6 is 11.6 Å². The van der Waals surface area contributed by atoms with E-state index < -0.39 is 6.10 Å². The highest BCUT2D eigenvalue weighted by Crippen LogP contribution is 2.21. The largest absolute Gasteiger partial charge is 0.481 e. The van der Waals surface area contributed by atoms with E-state index in [-0.39, 0.29) is 5.91 Å². The smallest absolute Gasteiger partial charge is 0.280 e. The van der Waals surface area contributed by atoms with Gasteiger partial charge in [-0.05, 0) is 55.0 Å². The first kappa shape index (κ1) is 19.5. The van der Waals surface area contributed by atoms with Gasteiger partial charge >= 0.3 is 0 Å². The summed E-state index contributed by atoms with van der Waals surface area (Å²) in [6.07, 6.45) is 0.824. The molecular formula is C22H19ClN2O3. The van der Waals surface area contributed by atoms with E-state index in [4.69, 9.17) is 21.1 Å². The van der Waals surface area contributed by atoms with Gasteiger partial charge in [0.2, 0.25) is 0 Å². The number of hydrazone groups is 1. The Kier molecular flexibility index (Phi) is 6.65. The number of hydrogen-bond donors (Lipinski definition) is 1. The lowest BCUT2D eigenvalue weighted by molar-refractivity contribution is -0.127. The Balaban J connectivity index is 1.55. The predicted octanol–water partition coefficient (Wildman–Crippen LogP) is 5.05. The number of carbonyl (C=O) groups excluding carboxylic acids is 1. The molecule has 0 saturated heterocycles. The monoisotopic (exact) mass is 394 g/mol. The Morgan fingerprint density at radius 1 is 0.964 bits per heavy atom. The second-order valence-corrected chi connectivity index (χ2v) is 6.38. The van der Waals surface area contributed by atoms with Crippen LogP contribution in [0.3, 0.4) is 0 Å². The minimum atomic E-state index is -0.719. The molecule has 3 aromatic carbocycles. The molecule has 6 heteroatoms. The van der Waals surface area contributed by atoms with Gasteiger partial charge < -0.3 is 9.47 Å². The molecule has 28 heavy (non-hydrogen) atoms. The van der Waals surface area contributed by atoms with Crippen LogP contribution in [0.2, 0.25) is 5.02 Å². The number of ether oxygens (including phenoxy) is 2. The molecule has 142 valence electrons. The average Bonchev–Trinajstić information content (AvgIpc) is 2.69. The maximum absolute atomic E-state index is 12.1. The van der Waals surface area contributed by atoms with Crippen molar-refractivity contribution in [3.8, 4) is 17.2 Å². The molecule has 0 aliphatic rings. The van der Waals surface area contributed by atoms with Crippen molar-refractivity contribution in [1.29, 1.82) is 0 Å². The van der Waals surface area contributed by atoms with Crippen LogP contribution in [0.25, 0.3) is 0 Å². The Bertz CT molecular complexity index is 961. The van der Waals surface area contributed by atoms with Gasteiger partial charge in [-0.1, -0.05) is 48.0 Å². The van der Waals surface area contributed by atoms with Crippen molar-refractivity contribution in [2.45, 2.75) is 13.0 Å². The van der Waals surface area contributed by atoms with Gasteiger partial charge in [-0.15, -0.1) is 0 Å². The van der Waals surface area contributed by atoms with Gasteiger partial charge in [-0.25, -0.2) is 5.43 Å². The number of rotatable bonds is 7. The van der Waals surface area contributed by atoms with Crippen molar-refractivity contribution in [3.63, 3.8) is 0 Å². The van der Waals surface area contributed by atoms with E-state index in [1.165, 1.54) is 0 Å². The van der Waals surface area contributed by atoms with Crippen molar-refractivity contribution < 1.29 is 14.3 Å². The summed E-state index contributed by atoms with van der Waals surface area (Å²) >= 11 is 5.91. The van der Waals surface area contributed by atoms with E-state index in [0.29, 0.717) is 16.5 Å². The number of para-hydroxylation sites is 1. The van der Waals surface area contributed by atoms with E-state index in [2.05, 4.69) is 10.5 Å². The molecule has 0 heterocycles. The molecule has 1 atom stereocenters. The van der Waals surface area contributed by atoms with Crippen LogP contribution in [0.1, 0.15) is 12.5 Å². The van der Waals surface area contributed by atoms with Crippen LogP contribution in [0, 0.1) is 0 Å². The summed E-state index contributed by atoms with van der Waals surface area (Å²) in [7, 11) is 0. The van der Waals surface area contributed by atoms with Crippen LogP contribution in [0.15, 0.2) is 84.0 Å². The molecule has 0 aliphatic heterocycles. The number of nitrogens with zero attached hydrogens (tertiary/aromatic N) is 1. The fourth-order valence-electron chi connectivity index (χ4n) is 2.34. The maximum Gasteiger partial charge on any atom is 0.280 e. The molecule has 3 aromatic rings. The van der Waals surface area contributed by atoms with E-state index in [9.17, 15) is 4.79 Å². The number of amides is 1. The zero-order chi connectivity index (χ0) is 19.8. The molecule has 0 saturated carbocycles. The summed E-state index contributed by atoms with van der Waals surface area (Å²) in [4.78, 5) is 12.1.